The highest BCUT2D eigenvalue weighted by molar-refractivity contribution is 5.71. The summed E-state index contributed by atoms with van der Waals surface area (Å²) in [5, 5.41) is 21.1. The largest absolute Gasteiger partial charge is 0.480 e. The molecule has 0 radical (unpaired) electrons. The third-order valence-corrected chi connectivity index (χ3v) is 3.39. The lowest BCUT2D eigenvalue weighted by Crippen LogP contribution is -2.15. The predicted molar refractivity (Wildman–Crippen MR) is 79.1 cm³/mol. The molecule has 1 unspecified atom stereocenters. The van der Waals surface area contributed by atoms with Gasteiger partial charge in [0.2, 0.25) is 0 Å². The molecule has 1 aromatic carbocycles. The van der Waals surface area contributed by atoms with Gasteiger partial charge in [-0.1, -0.05) is 23.4 Å². The molecule has 0 aliphatic heterocycles. The number of carboxylic acids is 1. The summed E-state index contributed by atoms with van der Waals surface area (Å²) in [5.74, 6) is -0.941. The van der Waals surface area contributed by atoms with Crippen molar-refractivity contribution in [3.05, 3.63) is 54.5 Å². The Morgan fingerprint density at radius 1 is 1.36 bits per heavy atom. The van der Waals surface area contributed by atoms with Gasteiger partial charge < -0.3 is 5.11 Å². The van der Waals surface area contributed by atoms with E-state index in [9.17, 15) is 4.79 Å². The maximum atomic E-state index is 11.0. The van der Waals surface area contributed by atoms with Gasteiger partial charge in [-0.3, -0.25) is 4.68 Å². The predicted octanol–water partition coefficient (Wildman–Crippen LogP) is 1.84. The van der Waals surface area contributed by atoms with Gasteiger partial charge in [0.1, 0.15) is 11.7 Å². The minimum Gasteiger partial charge on any atom is -0.480 e. The first-order valence-electron chi connectivity index (χ1n) is 6.85. The van der Waals surface area contributed by atoms with E-state index in [1.54, 1.807) is 19.3 Å². The Bertz CT molecular complexity index is 779. The van der Waals surface area contributed by atoms with Crippen LogP contribution in [0.4, 0.5) is 0 Å². The topological polar surface area (TPSA) is 85.8 Å². The number of carbonyl (C=O) groups is 1. The molecule has 0 aliphatic carbocycles. The third-order valence-electron chi connectivity index (χ3n) is 3.39. The van der Waals surface area contributed by atoms with E-state index in [1.807, 2.05) is 41.2 Å². The van der Waals surface area contributed by atoms with Crippen molar-refractivity contribution in [3.63, 3.8) is 0 Å². The zero-order chi connectivity index (χ0) is 15.5. The van der Waals surface area contributed by atoms with Gasteiger partial charge in [-0.15, -0.1) is 5.10 Å². The molecule has 0 saturated heterocycles. The number of carboxylic acid groups (broad SMARTS) is 1. The van der Waals surface area contributed by atoms with Gasteiger partial charge in [0, 0.05) is 18.0 Å². The molecule has 2 aromatic heterocycles. The van der Waals surface area contributed by atoms with Crippen molar-refractivity contribution in [3.8, 4) is 11.3 Å². The zero-order valence-electron chi connectivity index (χ0n) is 12.0. The van der Waals surface area contributed by atoms with Gasteiger partial charge >= 0.3 is 5.97 Å². The summed E-state index contributed by atoms with van der Waals surface area (Å²) < 4.78 is 3.18. The second-order valence-corrected chi connectivity index (χ2v) is 5.00. The van der Waals surface area contributed by atoms with E-state index in [0.29, 0.717) is 12.2 Å². The summed E-state index contributed by atoms with van der Waals surface area (Å²) in [7, 11) is 0. The van der Waals surface area contributed by atoms with Crippen LogP contribution in [0.25, 0.3) is 11.3 Å². The van der Waals surface area contributed by atoms with Gasteiger partial charge in [0.15, 0.2) is 0 Å². The van der Waals surface area contributed by atoms with Crippen LogP contribution in [-0.2, 0) is 11.3 Å². The summed E-state index contributed by atoms with van der Waals surface area (Å²) in [6.45, 7) is 2.23. The van der Waals surface area contributed by atoms with E-state index in [1.165, 1.54) is 4.68 Å². The molecule has 22 heavy (non-hydrogen) atoms. The molecule has 0 fully saturated rings. The van der Waals surface area contributed by atoms with Crippen molar-refractivity contribution in [1.82, 2.24) is 24.8 Å². The number of hydrogen-bond acceptors (Lipinski definition) is 4. The van der Waals surface area contributed by atoms with E-state index in [4.69, 9.17) is 5.11 Å². The highest BCUT2D eigenvalue weighted by Gasteiger charge is 2.15. The van der Waals surface area contributed by atoms with Crippen LogP contribution in [0, 0.1) is 0 Å². The lowest BCUT2D eigenvalue weighted by molar-refractivity contribution is -0.140. The lowest BCUT2D eigenvalue weighted by Gasteiger charge is -2.05. The van der Waals surface area contributed by atoms with Crippen LogP contribution in [0.2, 0.25) is 0 Å². The average Bonchev–Trinajstić information content (AvgIpc) is 3.18. The van der Waals surface area contributed by atoms with Crippen LogP contribution in [0.1, 0.15) is 18.5 Å². The zero-order valence-corrected chi connectivity index (χ0v) is 12.0. The molecule has 7 heteroatoms. The molecule has 3 aromatic rings. The monoisotopic (exact) mass is 297 g/mol. The fourth-order valence-corrected chi connectivity index (χ4v) is 2.12. The molecule has 2 heterocycles. The average molecular weight is 297 g/mol. The van der Waals surface area contributed by atoms with Crippen LogP contribution in [0.3, 0.4) is 0 Å². The van der Waals surface area contributed by atoms with Gasteiger partial charge in [-0.2, -0.15) is 5.10 Å². The highest BCUT2D eigenvalue weighted by atomic mass is 16.4. The molecule has 0 saturated carbocycles. The second kappa shape index (κ2) is 5.80. The smallest absolute Gasteiger partial charge is 0.328 e. The first-order chi connectivity index (χ1) is 10.6. The lowest BCUT2D eigenvalue weighted by atomic mass is 10.1. The Morgan fingerprint density at radius 3 is 2.95 bits per heavy atom. The van der Waals surface area contributed by atoms with Crippen molar-refractivity contribution in [1.29, 1.82) is 0 Å². The van der Waals surface area contributed by atoms with E-state index < -0.39 is 12.0 Å². The molecule has 3 rings (SSSR count). The van der Waals surface area contributed by atoms with Crippen LogP contribution >= 0.6 is 0 Å². The molecular formula is C15H15N5O2. The molecule has 1 N–H and O–H groups in total. The summed E-state index contributed by atoms with van der Waals surface area (Å²) in [6.07, 6.45) is 5.28. The standard InChI is InChI=1S/C15H15N5O2/c1-11(15(21)22)20-10-14(17-18-20)13-5-2-4-12(8-13)9-19-7-3-6-16-19/h2-8,10-11H,9H2,1H3,(H,21,22). The third kappa shape index (κ3) is 2.88. The molecule has 0 aliphatic rings. The van der Waals surface area contributed by atoms with Crippen molar-refractivity contribution in [2.24, 2.45) is 0 Å². The van der Waals surface area contributed by atoms with Crippen molar-refractivity contribution >= 4 is 5.97 Å². The quantitative estimate of drug-likeness (QED) is 0.776. The van der Waals surface area contributed by atoms with E-state index in [0.717, 1.165) is 11.1 Å². The van der Waals surface area contributed by atoms with Gasteiger partial charge in [0.25, 0.3) is 0 Å². The number of hydrogen-bond donors (Lipinski definition) is 1. The van der Waals surface area contributed by atoms with Crippen molar-refractivity contribution < 1.29 is 9.90 Å². The summed E-state index contributed by atoms with van der Waals surface area (Å²) >= 11 is 0. The van der Waals surface area contributed by atoms with E-state index in [-0.39, 0.29) is 0 Å². The Morgan fingerprint density at radius 2 is 2.23 bits per heavy atom. The molecule has 1 atom stereocenters. The number of nitrogens with zero attached hydrogens (tertiary/aromatic N) is 5. The summed E-state index contributed by atoms with van der Waals surface area (Å²) in [4.78, 5) is 11.0. The summed E-state index contributed by atoms with van der Waals surface area (Å²) in [5.41, 5.74) is 2.63. The molecular weight excluding hydrogens is 282 g/mol. The van der Waals surface area contributed by atoms with Gasteiger partial charge in [0.05, 0.1) is 12.7 Å². The summed E-state index contributed by atoms with van der Waals surface area (Å²) in [6, 6.07) is 9.01. The molecule has 0 bridgehead atoms. The van der Waals surface area contributed by atoms with Crippen LogP contribution in [0.5, 0.6) is 0 Å². The maximum Gasteiger partial charge on any atom is 0.328 e. The van der Waals surface area contributed by atoms with Gasteiger partial charge in [-0.25, -0.2) is 9.48 Å². The maximum absolute atomic E-state index is 11.0. The molecule has 0 amide bonds. The minimum absolute atomic E-state index is 0.649. The number of rotatable bonds is 5. The first kappa shape index (κ1) is 14.0. The highest BCUT2D eigenvalue weighted by Crippen LogP contribution is 2.19. The van der Waals surface area contributed by atoms with E-state index in [2.05, 4.69) is 15.4 Å². The Balaban J connectivity index is 1.84. The van der Waals surface area contributed by atoms with Crippen molar-refractivity contribution in [2.75, 3.05) is 0 Å². The SMILES string of the molecule is CC(C(=O)O)n1cc(-c2cccc(Cn3cccn3)c2)nn1. The fourth-order valence-electron chi connectivity index (χ4n) is 2.12. The Hall–Kier alpha value is -2.96. The van der Waals surface area contributed by atoms with Crippen LogP contribution < -0.4 is 0 Å². The van der Waals surface area contributed by atoms with E-state index >= 15 is 0 Å². The Labute approximate surface area is 126 Å². The Kier molecular flexibility index (Phi) is 3.69. The molecule has 112 valence electrons. The fraction of sp³-hybridized carbons (Fsp3) is 0.200. The number of benzene rings is 1. The van der Waals surface area contributed by atoms with Crippen molar-refractivity contribution in [2.45, 2.75) is 19.5 Å². The van der Waals surface area contributed by atoms with Crippen LogP contribution in [0.15, 0.2) is 48.9 Å². The van der Waals surface area contributed by atoms with Crippen LogP contribution in [-0.4, -0.2) is 35.9 Å². The molecule has 0 spiro atoms. The minimum atomic E-state index is -0.941. The second-order valence-electron chi connectivity index (χ2n) is 5.00. The number of aromatic nitrogens is 5. The first-order valence-corrected chi connectivity index (χ1v) is 6.85. The normalized spacial score (nSPS) is 12.2. The number of aliphatic carboxylic acids is 1. The van der Waals surface area contributed by atoms with Gasteiger partial charge in [-0.05, 0) is 24.6 Å². The molecule has 7 nitrogen and oxygen atoms in total.